The first-order chi connectivity index (χ1) is 6.96. The third kappa shape index (κ3) is 1.32. The number of carbonyl (C=O) groups is 1. The number of methoxy groups -OCH3 is 1. The maximum absolute atomic E-state index is 11.7. The van der Waals surface area contributed by atoms with Crippen LogP contribution in [0.3, 0.4) is 0 Å². The number of epoxide rings is 1. The van der Waals surface area contributed by atoms with Gasteiger partial charge in [-0.15, -0.1) is 0 Å². The van der Waals surface area contributed by atoms with Crippen LogP contribution in [0.1, 0.15) is 40.0 Å². The van der Waals surface area contributed by atoms with Crippen LogP contribution in [0.4, 0.5) is 0 Å². The van der Waals surface area contributed by atoms with Gasteiger partial charge < -0.3 is 9.47 Å². The van der Waals surface area contributed by atoms with Crippen molar-refractivity contribution in [2.75, 3.05) is 7.11 Å². The summed E-state index contributed by atoms with van der Waals surface area (Å²) in [5.74, 6) is 0.883. The predicted octanol–water partition coefficient (Wildman–Crippen LogP) is 2.14. The van der Waals surface area contributed by atoms with Gasteiger partial charge in [-0.25, -0.2) is 4.79 Å². The standard InChI is InChI=1S/C12H20O3/c1-8-5-6-9(2)12(7-8)11(3,15-12)10(13)14-4/h8-9H,5-7H2,1-4H3. The second-order valence-corrected chi connectivity index (χ2v) is 5.30. The molecule has 15 heavy (non-hydrogen) atoms. The minimum Gasteiger partial charge on any atom is -0.467 e. The fourth-order valence-electron chi connectivity index (χ4n) is 3.14. The number of hydrogen-bond donors (Lipinski definition) is 0. The Morgan fingerprint density at radius 2 is 2.07 bits per heavy atom. The van der Waals surface area contributed by atoms with Crippen LogP contribution >= 0.6 is 0 Å². The molecule has 0 aromatic carbocycles. The minimum atomic E-state index is -0.685. The smallest absolute Gasteiger partial charge is 0.340 e. The molecular formula is C12H20O3. The second-order valence-electron chi connectivity index (χ2n) is 5.30. The highest BCUT2D eigenvalue weighted by Crippen LogP contribution is 2.60. The van der Waals surface area contributed by atoms with Crippen LogP contribution in [-0.2, 0) is 14.3 Å². The zero-order valence-corrected chi connectivity index (χ0v) is 10.0. The van der Waals surface area contributed by atoms with Crippen molar-refractivity contribution in [3.63, 3.8) is 0 Å². The van der Waals surface area contributed by atoms with E-state index in [1.54, 1.807) is 0 Å². The third-order valence-electron chi connectivity index (χ3n) is 4.27. The van der Waals surface area contributed by atoms with Gasteiger partial charge in [-0.1, -0.05) is 20.3 Å². The molecule has 86 valence electrons. The maximum atomic E-state index is 11.7. The number of ether oxygens (including phenoxy) is 2. The van der Waals surface area contributed by atoms with Crippen LogP contribution in [0.25, 0.3) is 0 Å². The molecule has 2 aliphatic rings. The summed E-state index contributed by atoms with van der Waals surface area (Å²) in [6.07, 6.45) is 3.37. The molecule has 0 aromatic rings. The summed E-state index contributed by atoms with van der Waals surface area (Å²) in [5, 5.41) is 0. The molecule has 1 saturated carbocycles. The molecule has 1 spiro atoms. The van der Waals surface area contributed by atoms with Crippen molar-refractivity contribution >= 4 is 5.97 Å². The van der Waals surface area contributed by atoms with Crippen molar-refractivity contribution in [3.8, 4) is 0 Å². The Kier molecular flexibility index (Phi) is 2.34. The van der Waals surface area contributed by atoms with E-state index < -0.39 is 5.60 Å². The first-order valence-electron chi connectivity index (χ1n) is 5.75. The van der Waals surface area contributed by atoms with E-state index in [9.17, 15) is 4.79 Å². The molecule has 3 nitrogen and oxygen atoms in total. The zero-order chi connectivity index (χ0) is 11.3. The van der Waals surface area contributed by atoms with Crippen molar-refractivity contribution in [1.82, 2.24) is 0 Å². The molecule has 0 amide bonds. The van der Waals surface area contributed by atoms with Gasteiger partial charge in [0.05, 0.1) is 7.11 Å². The van der Waals surface area contributed by atoms with E-state index in [4.69, 9.17) is 9.47 Å². The number of hydrogen-bond acceptors (Lipinski definition) is 3. The molecular weight excluding hydrogens is 192 g/mol. The highest BCUT2D eigenvalue weighted by atomic mass is 16.7. The van der Waals surface area contributed by atoms with Gasteiger partial charge in [0.2, 0.25) is 0 Å². The summed E-state index contributed by atoms with van der Waals surface area (Å²) in [4.78, 5) is 11.7. The molecule has 1 heterocycles. The fourth-order valence-corrected chi connectivity index (χ4v) is 3.14. The summed E-state index contributed by atoms with van der Waals surface area (Å²) in [7, 11) is 1.43. The van der Waals surface area contributed by atoms with E-state index in [1.807, 2.05) is 6.92 Å². The molecule has 3 heteroatoms. The molecule has 0 bridgehead atoms. The lowest BCUT2D eigenvalue weighted by Crippen LogP contribution is -2.40. The average Bonchev–Trinajstić information content (AvgIpc) is 2.79. The van der Waals surface area contributed by atoms with Gasteiger partial charge in [-0.05, 0) is 31.6 Å². The molecule has 1 saturated heterocycles. The predicted molar refractivity (Wildman–Crippen MR) is 56.4 cm³/mol. The third-order valence-corrected chi connectivity index (χ3v) is 4.27. The maximum Gasteiger partial charge on any atom is 0.340 e. The van der Waals surface area contributed by atoms with Gasteiger partial charge in [0.15, 0.2) is 5.60 Å². The van der Waals surface area contributed by atoms with Crippen LogP contribution in [0.15, 0.2) is 0 Å². The first-order valence-corrected chi connectivity index (χ1v) is 5.75. The Bertz CT molecular complexity index is 289. The highest BCUT2D eigenvalue weighted by Gasteiger charge is 2.74. The van der Waals surface area contributed by atoms with Crippen LogP contribution in [-0.4, -0.2) is 24.3 Å². The Balaban J connectivity index is 2.19. The van der Waals surface area contributed by atoms with E-state index in [2.05, 4.69) is 13.8 Å². The normalized spacial score (nSPS) is 49.1. The van der Waals surface area contributed by atoms with E-state index in [0.29, 0.717) is 11.8 Å². The topological polar surface area (TPSA) is 38.8 Å². The van der Waals surface area contributed by atoms with Crippen molar-refractivity contribution in [2.45, 2.75) is 51.2 Å². The molecule has 4 unspecified atom stereocenters. The van der Waals surface area contributed by atoms with E-state index >= 15 is 0 Å². The lowest BCUT2D eigenvalue weighted by atomic mass is 9.70. The molecule has 1 aliphatic heterocycles. The molecule has 0 aromatic heterocycles. The monoisotopic (exact) mass is 212 g/mol. The van der Waals surface area contributed by atoms with Gasteiger partial charge in [-0.3, -0.25) is 0 Å². The second kappa shape index (κ2) is 3.21. The van der Waals surface area contributed by atoms with E-state index in [1.165, 1.54) is 13.5 Å². The van der Waals surface area contributed by atoms with Crippen LogP contribution in [0, 0.1) is 11.8 Å². The number of esters is 1. The van der Waals surface area contributed by atoms with Crippen LogP contribution in [0.2, 0.25) is 0 Å². The lowest BCUT2D eigenvalue weighted by Gasteiger charge is -2.31. The number of rotatable bonds is 1. The zero-order valence-electron chi connectivity index (χ0n) is 10.0. The summed E-state index contributed by atoms with van der Waals surface area (Å²) < 4.78 is 10.6. The van der Waals surface area contributed by atoms with Crippen molar-refractivity contribution in [2.24, 2.45) is 11.8 Å². The SMILES string of the molecule is COC(=O)C1(C)OC12CC(C)CCC2C. The van der Waals surface area contributed by atoms with Crippen molar-refractivity contribution in [1.29, 1.82) is 0 Å². The number of carbonyl (C=O) groups excluding carboxylic acids is 1. The highest BCUT2D eigenvalue weighted by molar-refractivity contribution is 5.84. The summed E-state index contributed by atoms with van der Waals surface area (Å²) in [6.45, 7) is 6.28. The summed E-state index contributed by atoms with van der Waals surface area (Å²) in [6, 6.07) is 0. The minimum absolute atomic E-state index is 0.219. The van der Waals surface area contributed by atoms with Gasteiger partial charge in [0.1, 0.15) is 5.60 Å². The van der Waals surface area contributed by atoms with Gasteiger partial charge in [-0.2, -0.15) is 0 Å². The Hall–Kier alpha value is -0.570. The van der Waals surface area contributed by atoms with E-state index in [-0.39, 0.29) is 11.6 Å². The molecule has 1 aliphatic carbocycles. The fraction of sp³-hybridized carbons (Fsp3) is 0.917. The summed E-state index contributed by atoms with van der Waals surface area (Å²) in [5.41, 5.74) is -0.923. The quantitative estimate of drug-likeness (QED) is 0.494. The van der Waals surface area contributed by atoms with Crippen LogP contribution in [0.5, 0.6) is 0 Å². The molecule has 2 rings (SSSR count). The lowest BCUT2D eigenvalue weighted by molar-refractivity contribution is -0.146. The molecule has 0 N–H and O–H groups in total. The first kappa shape index (κ1) is 10.9. The van der Waals surface area contributed by atoms with Crippen molar-refractivity contribution < 1.29 is 14.3 Å². The van der Waals surface area contributed by atoms with Gasteiger partial charge in [0.25, 0.3) is 0 Å². The summed E-state index contributed by atoms with van der Waals surface area (Å²) >= 11 is 0. The molecule has 4 atom stereocenters. The Morgan fingerprint density at radius 1 is 1.40 bits per heavy atom. The largest absolute Gasteiger partial charge is 0.467 e. The Labute approximate surface area is 91.1 Å². The van der Waals surface area contributed by atoms with Gasteiger partial charge in [0, 0.05) is 0 Å². The average molecular weight is 212 g/mol. The molecule has 2 fully saturated rings. The van der Waals surface area contributed by atoms with Crippen molar-refractivity contribution in [3.05, 3.63) is 0 Å². The van der Waals surface area contributed by atoms with Crippen LogP contribution < -0.4 is 0 Å². The Morgan fingerprint density at radius 3 is 2.67 bits per heavy atom. The molecule has 0 radical (unpaired) electrons. The van der Waals surface area contributed by atoms with E-state index in [0.717, 1.165) is 12.8 Å². The van der Waals surface area contributed by atoms with Gasteiger partial charge >= 0.3 is 5.97 Å².